The van der Waals surface area contributed by atoms with Crippen LogP contribution in [0.4, 0.5) is 8.78 Å². The molecule has 0 spiro atoms. The Labute approximate surface area is 98.9 Å². The maximum atomic E-state index is 13.7. The summed E-state index contributed by atoms with van der Waals surface area (Å²) in [5, 5.41) is 0. The van der Waals surface area contributed by atoms with Gasteiger partial charge in [0.1, 0.15) is 0 Å². The molecule has 0 amide bonds. The van der Waals surface area contributed by atoms with Gasteiger partial charge in [-0.25, -0.2) is 8.78 Å². The van der Waals surface area contributed by atoms with E-state index in [1.807, 2.05) is 18.2 Å². The molecule has 0 aromatic heterocycles. The highest BCUT2D eigenvalue weighted by molar-refractivity contribution is 5.37. The largest absolute Gasteiger partial charge is 0.318 e. The van der Waals surface area contributed by atoms with Crippen LogP contribution in [0.3, 0.4) is 0 Å². The summed E-state index contributed by atoms with van der Waals surface area (Å²) in [7, 11) is 0. The Bertz CT molecular complexity index is 521. The van der Waals surface area contributed by atoms with Gasteiger partial charge in [0.05, 0.1) is 5.54 Å². The number of benzene rings is 2. The fourth-order valence-corrected chi connectivity index (χ4v) is 1.84. The van der Waals surface area contributed by atoms with Crippen molar-refractivity contribution in [3.05, 3.63) is 71.3 Å². The van der Waals surface area contributed by atoms with Crippen molar-refractivity contribution in [3.8, 4) is 0 Å². The van der Waals surface area contributed by atoms with Gasteiger partial charge in [-0.3, -0.25) is 0 Å². The van der Waals surface area contributed by atoms with E-state index in [4.69, 9.17) is 5.73 Å². The van der Waals surface area contributed by atoms with E-state index >= 15 is 0 Å². The van der Waals surface area contributed by atoms with Gasteiger partial charge in [-0.2, -0.15) is 0 Å². The van der Waals surface area contributed by atoms with Crippen LogP contribution in [0.5, 0.6) is 0 Å². The predicted molar refractivity (Wildman–Crippen MR) is 63.4 cm³/mol. The molecule has 0 heterocycles. The van der Waals surface area contributed by atoms with Crippen LogP contribution >= 0.6 is 0 Å². The minimum atomic E-state index is -1.05. The number of nitrogens with two attached hydrogens (primary N) is 1. The van der Waals surface area contributed by atoms with Gasteiger partial charge in [0.2, 0.25) is 0 Å². The second kappa shape index (κ2) is 4.26. The standard InChI is InChI=1S/C14H13F2N/c1-14(17,10-6-3-2-4-7-10)11-8-5-9-12(15)13(11)16/h2-9H,17H2,1H3. The van der Waals surface area contributed by atoms with Crippen molar-refractivity contribution in [2.75, 3.05) is 0 Å². The summed E-state index contributed by atoms with van der Waals surface area (Å²) in [6.45, 7) is 1.67. The van der Waals surface area contributed by atoms with Crippen molar-refractivity contribution in [3.63, 3.8) is 0 Å². The van der Waals surface area contributed by atoms with Crippen LogP contribution in [0.15, 0.2) is 48.5 Å². The van der Waals surface area contributed by atoms with Gasteiger partial charge in [0, 0.05) is 5.56 Å². The summed E-state index contributed by atoms with van der Waals surface area (Å²) in [5.41, 5.74) is 5.97. The Hall–Kier alpha value is -1.74. The second-order valence-corrected chi connectivity index (χ2v) is 4.17. The first-order chi connectivity index (χ1) is 8.03. The van der Waals surface area contributed by atoms with Gasteiger partial charge >= 0.3 is 0 Å². The van der Waals surface area contributed by atoms with Crippen molar-refractivity contribution in [1.29, 1.82) is 0 Å². The lowest BCUT2D eigenvalue weighted by Gasteiger charge is -2.26. The molecule has 0 fully saturated rings. The molecule has 0 aliphatic carbocycles. The van der Waals surface area contributed by atoms with Gasteiger partial charge < -0.3 is 5.73 Å². The number of hydrogen-bond donors (Lipinski definition) is 1. The van der Waals surface area contributed by atoms with Crippen molar-refractivity contribution < 1.29 is 8.78 Å². The first kappa shape index (κ1) is 11.7. The van der Waals surface area contributed by atoms with Crippen molar-refractivity contribution in [2.45, 2.75) is 12.5 Å². The molecule has 0 radical (unpaired) electrons. The molecule has 2 rings (SSSR count). The maximum Gasteiger partial charge on any atom is 0.164 e. The van der Waals surface area contributed by atoms with Crippen LogP contribution < -0.4 is 5.73 Å². The number of halogens is 2. The monoisotopic (exact) mass is 233 g/mol. The fourth-order valence-electron chi connectivity index (χ4n) is 1.84. The zero-order chi connectivity index (χ0) is 12.5. The van der Waals surface area contributed by atoms with Crippen molar-refractivity contribution in [2.24, 2.45) is 5.73 Å². The van der Waals surface area contributed by atoms with E-state index < -0.39 is 17.2 Å². The molecule has 2 aromatic carbocycles. The number of rotatable bonds is 2. The van der Waals surface area contributed by atoms with E-state index in [9.17, 15) is 8.78 Å². The highest BCUT2D eigenvalue weighted by Gasteiger charge is 2.27. The molecule has 1 unspecified atom stereocenters. The molecule has 0 aliphatic rings. The first-order valence-corrected chi connectivity index (χ1v) is 5.32. The average molecular weight is 233 g/mol. The molecular weight excluding hydrogens is 220 g/mol. The van der Waals surface area contributed by atoms with Crippen LogP contribution in [0.2, 0.25) is 0 Å². The zero-order valence-corrected chi connectivity index (χ0v) is 9.45. The van der Waals surface area contributed by atoms with E-state index in [0.29, 0.717) is 0 Å². The first-order valence-electron chi connectivity index (χ1n) is 5.32. The third kappa shape index (κ3) is 2.06. The molecule has 3 heteroatoms. The van der Waals surface area contributed by atoms with Crippen molar-refractivity contribution in [1.82, 2.24) is 0 Å². The van der Waals surface area contributed by atoms with Gasteiger partial charge in [0.15, 0.2) is 11.6 Å². The molecule has 1 atom stereocenters. The third-order valence-electron chi connectivity index (χ3n) is 2.88. The molecule has 2 aromatic rings. The summed E-state index contributed by atoms with van der Waals surface area (Å²) in [6.07, 6.45) is 0. The molecule has 0 saturated heterocycles. The van der Waals surface area contributed by atoms with Gasteiger partial charge in [-0.1, -0.05) is 42.5 Å². The molecular formula is C14H13F2N. The van der Waals surface area contributed by atoms with E-state index in [2.05, 4.69) is 0 Å². The summed E-state index contributed by atoms with van der Waals surface area (Å²) >= 11 is 0. The molecule has 0 saturated carbocycles. The zero-order valence-electron chi connectivity index (χ0n) is 9.45. The van der Waals surface area contributed by atoms with Gasteiger partial charge in [-0.15, -0.1) is 0 Å². The molecule has 17 heavy (non-hydrogen) atoms. The normalized spacial score (nSPS) is 14.4. The fraction of sp³-hybridized carbons (Fsp3) is 0.143. The third-order valence-corrected chi connectivity index (χ3v) is 2.88. The van der Waals surface area contributed by atoms with E-state index in [-0.39, 0.29) is 5.56 Å². The molecule has 0 bridgehead atoms. The average Bonchev–Trinajstić information content (AvgIpc) is 2.33. The van der Waals surface area contributed by atoms with Crippen molar-refractivity contribution >= 4 is 0 Å². The minimum absolute atomic E-state index is 0.156. The maximum absolute atomic E-state index is 13.7. The van der Waals surface area contributed by atoms with Crippen LogP contribution in [0.1, 0.15) is 18.1 Å². The Kier molecular flexibility index (Phi) is 2.94. The van der Waals surface area contributed by atoms with Crippen LogP contribution in [-0.4, -0.2) is 0 Å². The topological polar surface area (TPSA) is 26.0 Å². The smallest absolute Gasteiger partial charge is 0.164 e. The number of hydrogen-bond acceptors (Lipinski definition) is 1. The second-order valence-electron chi connectivity index (χ2n) is 4.17. The predicted octanol–water partition coefficient (Wildman–Crippen LogP) is 3.19. The van der Waals surface area contributed by atoms with Crippen LogP contribution in [0.25, 0.3) is 0 Å². The lowest BCUT2D eigenvalue weighted by atomic mass is 9.85. The van der Waals surface area contributed by atoms with E-state index in [0.717, 1.165) is 11.6 Å². The summed E-state index contributed by atoms with van der Waals surface area (Å²) < 4.78 is 26.9. The highest BCUT2D eigenvalue weighted by Crippen LogP contribution is 2.29. The SMILES string of the molecule is CC(N)(c1ccccc1)c1cccc(F)c1F. The summed E-state index contributed by atoms with van der Waals surface area (Å²) in [6, 6.07) is 13.1. The molecule has 88 valence electrons. The summed E-state index contributed by atoms with van der Waals surface area (Å²) in [5.74, 6) is -1.77. The Morgan fingerprint density at radius 1 is 0.941 bits per heavy atom. The summed E-state index contributed by atoms with van der Waals surface area (Å²) in [4.78, 5) is 0. The van der Waals surface area contributed by atoms with Crippen LogP contribution in [0, 0.1) is 11.6 Å². The molecule has 2 N–H and O–H groups in total. The Balaban J connectivity index is 2.56. The minimum Gasteiger partial charge on any atom is -0.318 e. The quantitative estimate of drug-likeness (QED) is 0.847. The van der Waals surface area contributed by atoms with E-state index in [1.165, 1.54) is 12.1 Å². The lowest BCUT2D eigenvalue weighted by Crippen LogP contribution is -2.35. The van der Waals surface area contributed by atoms with Crippen LogP contribution in [-0.2, 0) is 5.54 Å². The molecule has 0 aliphatic heterocycles. The Morgan fingerprint density at radius 2 is 1.59 bits per heavy atom. The molecule has 1 nitrogen and oxygen atoms in total. The van der Waals surface area contributed by atoms with Gasteiger partial charge in [0.25, 0.3) is 0 Å². The lowest BCUT2D eigenvalue weighted by molar-refractivity contribution is 0.468. The Morgan fingerprint density at radius 3 is 2.24 bits per heavy atom. The highest BCUT2D eigenvalue weighted by atomic mass is 19.2. The van der Waals surface area contributed by atoms with Gasteiger partial charge in [-0.05, 0) is 18.6 Å². The van der Waals surface area contributed by atoms with E-state index in [1.54, 1.807) is 19.1 Å².